The maximum Gasteiger partial charge on any atom is 0.126 e. The first kappa shape index (κ1) is 6.38. The van der Waals surface area contributed by atoms with Crippen molar-refractivity contribution in [3.05, 3.63) is 0 Å². The van der Waals surface area contributed by atoms with Crippen LogP contribution in [-0.4, -0.2) is 6.29 Å². The van der Waals surface area contributed by atoms with E-state index in [9.17, 15) is 4.79 Å². The molecule has 2 aliphatic rings. The highest BCUT2D eigenvalue weighted by atomic mass is 16.1. The largest absolute Gasteiger partial charge is 0.303 e. The Kier molecular flexibility index (Phi) is 1.17. The van der Waals surface area contributed by atoms with Crippen molar-refractivity contribution >= 4 is 6.29 Å². The lowest BCUT2D eigenvalue weighted by atomic mass is 9.76. The molecule has 56 valence electrons. The normalized spacial score (nSPS) is 51.7. The third-order valence-corrected chi connectivity index (χ3v) is 3.47. The fourth-order valence-corrected chi connectivity index (χ4v) is 2.79. The lowest BCUT2D eigenvalue weighted by Crippen LogP contribution is -2.25. The van der Waals surface area contributed by atoms with Gasteiger partial charge in [0, 0.05) is 5.41 Å². The Balaban J connectivity index is 2.21. The second-order valence-corrected chi connectivity index (χ2v) is 4.20. The van der Waals surface area contributed by atoms with Gasteiger partial charge in [0.1, 0.15) is 6.29 Å². The van der Waals surface area contributed by atoms with Gasteiger partial charge in [-0.25, -0.2) is 0 Å². The van der Waals surface area contributed by atoms with Crippen LogP contribution in [-0.2, 0) is 4.79 Å². The molecule has 2 bridgehead atoms. The zero-order valence-corrected chi connectivity index (χ0v) is 6.47. The summed E-state index contributed by atoms with van der Waals surface area (Å²) in [6.45, 7) is 2.13. The van der Waals surface area contributed by atoms with Crippen LogP contribution in [0.3, 0.4) is 0 Å². The smallest absolute Gasteiger partial charge is 0.126 e. The summed E-state index contributed by atoms with van der Waals surface area (Å²) in [6, 6.07) is 0. The quantitative estimate of drug-likeness (QED) is 0.506. The van der Waals surface area contributed by atoms with Gasteiger partial charge >= 0.3 is 0 Å². The molecular formula is C9H14O. The van der Waals surface area contributed by atoms with Gasteiger partial charge in [0.2, 0.25) is 0 Å². The lowest BCUT2D eigenvalue weighted by molar-refractivity contribution is -0.117. The average Bonchev–Trinajstić information content (AvgIpc) is 2.46. The SMILES string of the molecule is C[C@@]1(C=O)C[C@@H]2CC[C@H]1C2. The summed E-state index contributed by atoms with van der Waals surface area (Å²) < 4.78 is 0. The molecular weight excluding hydrogens is 124 g/mol. The average molecular weight is 138 g/mol. The molecule has 0 saturated heterocycles. The molecule has 1 heteroatoms. The molecule has 0 amide bonds. The van der Waals surface area contributed by atoms with E-state index >= 15 is 0 Å². The Labute approximate surface area is 61.8 Å². The van der Waals surface area contributed by atoms with E-state index in [-0.39, 0.29) is 5.41 Å². The molecule has 3 atom stereocenters. The zero-order chi connectivity index (χ0) is 7.19. The van der Waals surface area contributed by atoms with Crippen molar-refractivity contribution in [1.29, 1.82) is 0 Å². The predicted molar refractivity (Wildman–Crippen MR) is 39.6 cm³/mol. The summed E-state index contributed by atoms with van der Waals surface area (Å²) in [6.07, 6.45) is 6.38. The number of fused-ring (bicyclic) bond motifs is 2. The van der Waals surface area contributed by atoms with Gasteiger partial charge in [0.15, 0.2) is 0 Å². The van der Waals surface area contributed by atoms with Crippen molar-refractivity contribution in [3.8, 4) is 0 Å². The van der Waals surface area contributed by atoms with E-state index < -0.39 is 0 Å². The first-order valence-corrected chi connectivity index (χ1v) is 4.21. The summed E-state index contributed by atoms with van der Waals surface area (Å²) in [5.74, 6) is 1.62. The van der Waals surface area contributed by atoms with Gasteiger partial charge in [-0.2, -0.15) is 0 Å². The van der Waals surface area contributed by atoms with Gasteiger partial charge in [-0.1, -0.05) is 13.3 Å². The van der Waals surface area contributed by atoms with E-state index in [1.165, 1.54) is 32.0 Å². The number of carbonyl (C=O) groups is 1. The molecule has 1 nitrogen and oxygen atoms in total. The molecule has 2 saturated carbocycles. The molecule has 0 aromatic carbocycles. The highest BCUT2D eigenvalue weighted by Crippen LogP contribution is 2.54. The molecule has 2 aliphatic carbocycles. The minimum absolute atomic E-state index is 0.0723. The summed E-state index contributed by atoms with van der Waals surface area (Å²) in [7, 11) is 0. The maximum atomic E-state index is 10.7. The monoisotopic (exact) mass is 138 g/mol. The van der Waals surface area contributed by atoms with Crippen molar-refractivity contribution < 1.29 is 4.79 Å². The molecule has 10 heavy (non-hydrogen) atoms. The van der Waals surface area contributed by atoms with Crippen LogP contribution in [0.25, 0.3) is 0 Å². The zero-order valence-electron chi connectivity index (χ0n) is 6.47. The second-order valence-electron chi connectivity index (χ2n) is 4.20. The minimum atomic E-state index is 0.0723. The van der Waals surface area contributed by atoms with Gasteiger partial charge in [-0.15, -0.1) is 0 Å². The van der Waals surface area contributed by atoms with Gasteiger partial charge in [0.05, 0.1) is 0 Å². The lowest BCUT2D eigenvalue weighted by Gasteiger charge is -2.27. The Hall–Kier alpha value is -0.330. The number of rotatable bonds is 1. The van der Waals surface area contributed by atoms with Crippen molar-refractivity contribution in [3.63, 3.8) is 0 Å². The molecule has 0 aliphatic heterocycles. The number of hydrogen-bond acceptors (Lipinski definition) is 1. The fourth-order valence-electron chi connectivity index (χ4n) is 2.79. The predicted octanol–water partition coefficient (Wildman–Crippen LogP) is 2.01. The number of aldehydes is 1. The first-order valence-electron chi connectivity index (χ1n) is 4.21. The minimum Gasteiger partial charge on any atom is -0.303 e. The van der Waals surface area contributed by atoms with Crippen LogP contribution in [0.2, 0.25) is 0 Å². The van der Waals surface area contributed by atoms with Crippen molar-refractivity contribution in [2.75, 3.05) is 0 Å². The van der Waals surface area contributed by atoms with Gasteiger partial charge in [-0.3, -0.25) is 0 Å². The van der Waals surface area contributed by atoms with Crippen LogP contribution in [0, 0.1) is 17.3 Å². The molecule has 2 rings (SSSR count). The van der Waals surface area contributed by atoms with Gasteiger partial charge in [-0.05, 0) is 31.1 Å². The highest BCUT2D eigenvalue weighted by molar-refractivity contribution is 5.60. The van der Waals surface area contributed by atoms with Crippen molar-refractivity contribution in [2.24, 2.45) is 17.3 Å². The van der Waals surface area contributed by atoms with E-state index in [0.717, 1.165) is 11.8 Å². The molecule has 0 heterocycles. The fraction of sp³-hybridized carbons (Fsp3) is 0.889. The number of carbonyl (C=O) groups excluding carboxylic acids is 1. The highest BCUT2D eigenvalue weighted by Gasteiger charge is 2.47. The second kappa shape index (κ2) is 1.84. The molecule has 0 radical (unpaired) electrons. The maximum absolute atomic E-state index is 10.7. The standard InChI is InChI=1S/C9H14O/c1-9(6-10)5-7-2-3-8(9)4-7/h6-8H,2-5H2,1H3/t7-,8+,9+/m1/s1. The Morgan fingerprint density at radius 1 is 1.50 bits per heavy atom. The van der Waals surface area contributed by atoms with Crippen molar-refractivity contribution in [1.82, 2.24) is 0 Å². The third kappa shape index (κ3) is 0.664. The molecule has 0 spiro atoms. The molecule has 2 fully saturated rings. The van der Waals surface area contributed by atoms with Gasteiger partial charge < -0.3 is 4.79 Å². The number of hydrogen-bond donors (Lipinski definition) is 0. The van der Waals surface area contributed by atoms with Crippen LogP contribution in [0.15, 0.2) is 0 Å². The molecule has 0 unspecified atom stereocenters. The molecule has 0 N–H and O–H groups in total. The molecule has 0 aromatic rings. The third-order valence-electron chi connectivity index (χ3n) is 3.47. The molecule has 0 aromatic heterocycles. The van der Waals surface area contributed by atoms with E-state index in [2.05, 4.69) is 6.92 Å². The van der Waals surface area contributed by atoms with Crippen LogP contribution < -0.4 is 0 Å². The summed E-state index contributed by atoms with van der Waals surface area (Å²) >= 11 is 0. The van der Waals surface area contributed by atoms with Crippen LogP contribution in [0.5, 0.6) is 0 Å². The van der Waals surface area contributed by atoms with E-state index in [0.29, 0.717) is 0 Å². The topological polar surface area (TPSA) is 17.1 Å². The van der Waals surface area contributed by atoms with E-state index in [1.807, 2.05) is 0 Å². The van der Waals surface area contributed by atoms with E-state index in [4.69, 9.17) is 0 Å². The summed E-state index contributed by atoms with van der Waals surface area (Å²) in [4.78, 5) is 10.7. The Morgan fingerprint density at radius 3 is 2.60 bits per heavy atom. The Bertz CT molecular complexity index is 164. The van der Waals surface area contributed by atoms with Crippen LogP contribution >= 0.6 is 0 Å². The van der Waals surface area contributed by atoms with Crippen LogP contribution in [0.4, 0.5) is 0 Å². The van der Waals surface area contributed by atoms with Crippen LogP contribution in [0.1, 0.15) is 32.6 Å². The summed E-state index contributed by atoms with van der Waals surface area (Å²) in [5, 5.41) is 0. The first-order chi connectivity index (χ1) is 4.74. The van der Waals surface area contributed by atoms with E-state index in [1.54, 1.807) is 0 Å². The van der Waals surface area contributed by atoms with Crippen molar-refractivity contribution in [2.45, 2.75) is 32.6 Å². The van der Waals surface area contributed by atoms with Gasteiger partial charge in [0.25, 0.3) is 0 Å². The Morgan fingerprint density at radius 2 is 2.30 bits per heavy atom. The summed E-state index contributed by atoms with van der Waals surface area (Å²) in [5.41, 5.74) is 0.0723.